The zero-order valence-electron chi connectivity index (χ0n) is 10.5. The molecule has 98 valence electrons. The Morgan fingerprint density at radius 2 is 1.78 bits per heavy atom. The van der Waals surface area contributed by atoms with Crippen molar-refractivity contribution in [2.24, 2.45) is 5.41 Å². The van der Waals surface area contributed by atoms with Gasteiger partial charge in [-0.3, -0.25) is 0 Å². The maximum Gasteiger partial charge on any atom is 0.335 e. The Kier molecular flexibility index (Phi) is 3.96. The second kappa shape index (κ2) is 5.08. The molecule has 0 aliphatic carbocycles. The van der Waals surface area contributed by atoms with Crippen LogP contribution in [-0.4, -0.2) is 23.7 Å². The average molecular weight is 251 g/mol. The topological polar surface area (TPSA) is 86.7 Å². The molecular formula is C13H15O5-. The van der Waals surface area contributed by atoms with E-state index in [1.807, 2.05) is 20.8 Å². The molecule has 0 atom stereocenters. The number of carbonyl (C=O) groups is 2. The van der Waals surface area contributed by atoms with Gasteiger partial charge in [-0.2, -0.15) is 0 Å². The lowest BCUT2D eigenvalue weighted by atomic mass is 9.98. The Morgan fingerprint density at radius 3 is 2.22 bits per heavy atom. The van der Waals surface area contributed by atoms with Gasteiger partial charge < -0.3 is 19.7 Å². The van der Waals surface area contributed by atoms with Gasteiger partial charge in [0.1, 0.15) is 5.75 Å². The molecule has 0 aliphatic rings. The molecule has 0 fully saturated rings. The number of hydrogen-bond donors (Lipinski definition) is 1. The van der Waals surface area contributed by atoms with Crippen molar-refractivity contribution in [3.05, 3.63) is 29.3 Å². The van der Waals surface area contributed by atoms with Gasteiger partial charge in [0.05, 0.1) is 18.1 Å². The number of benzene rings is 1. The fourth-order valence-electron chi connectivity index (χ4n) is 1.22. The van der Waals surface area contributed by atoms with Crippen molar-refractivity contribution < 1.29 is 24.5 Å². The summed E-state index contributed by atoms with van der Waals surface area (Å²) in [6, 6.07) is 3.59. The first kappa shape index (κ1) is 14.0. The number of carboxylic acids is 2. The van der Waals surface area contributed by atoms with E-state index >= 15 is 0 Å². The van der Waals surface area contributed by atoms with Gasteiger partial charge >= 0.3 is 5.97 Å². The van der Waals surface area contributed by atoms with Crippen molar-refractivity contribution in [1.29, 1.82) is 0 Å². The highest BCUT2D eigenvalue weighted by Gasteiger charge is 2.13. The van der Waals surface area contributed by atoms with Crippen molar-refractivity contribution in [3.63, 3.8) is 0 Å². The van der Waals surface area contributed by atoms with E-state index in [1.54, 1.807) is 0 Å². The molecule has 1 rings (SSSR count). The van der Waals surface area contributed by atoms with Crippen LogP contribution in [0.5, 0.6) is 5.75 Å². The van der Waals surface area contributed by atoms with Gasteiger partial charge in [0.15, 0.2) is 0 Å². The highest BCUT2D eigenvalue weighted by molar-refractivity contribution is 5.93. The Labute approximate surface area is 105 Å². The van der Waals surface area contributed by atoms with Gasteiger partial charge in [-0.05, 0) is 23.6 Å². The van der Waals surface area contributed by atoms with Crippen molar-refractivity contribution in [2.45, 2.75) is 20.8 Å². The van der Waals surface area contributed by atoms with Crippen LogP contribution >= 0.6 is 0 Å². The van der Waals surface area contributed by atoms with Crippen LogP contribution in [0.1, 0.15) is 41.5 Å². The van der Waals surface area contributed by atoms with E-state index in [0.29, 0.717) is 6.61 Å². The molecule has 18 heavy (non-hydrogen) atoms. The first-order valence-electron chi connectivity index (χ1n) is 5.41. The molecule has 0 saturated heterocycles. The quantitative estimate of drug-likeness (QED) is 0.868. The predicted octanol–water partition coefficient (Wildman–Crippen LogP) is 1.17. The Balaban J connectivity index is 3.04. The Morgan fingerprint density at radius 1 is 1.22 bits per heavy atom. The molecule has 0 aromatic heterocycles. The Hall–Kier alpha value is -2.04. The summed E-state index contributed by atoms with van der Waals surface area (Å²) in [5, 5.41) is 19.6. The minimum atomic E-state index is -1.43. The van der Waals surface area contributed by atoms with Crippen LogP contribution in [0.4, 0.5) is 0 Å². The molecule has 1 aromatic rings. The number of hydrogen-bond acceptors (Lipinski definition) is 4. The maximum atomic E-state index is 10.9. The molecule has 0 unspecified atom stereocenters. The van der Waals surface area contributed by atoms with Crippen LogP contribution in [0.2, 0.25) is 0 Å². The number of aromatic carboxylic acids is 2. The highest BCUT2D eigenvalue weighted by atomic mass is 16.5. The number of ether oxygens (including phenoxy) is 1. The van der Waals surface area contributed by atoms with Gasteiger partial charge in [-0.15, -0.1) is 0 Å². The molecule has 5 heteroatoms. The van der Waals surface area contributed by atoms with Crippen LogP contribution in [0, 0.1) is 5.41 Å². The third-order valence-corrected chi connectivity index (χ3v) is 2.06. The van der Waals surface area contributed by atoms with Gasteiger partial charge in [0, 0.05) is 5.56 Å². The highest BCUT2D eigenvalue weighted by Crippen LogP contribution is 2.21. The SMILES string of the molecule is CC(C)(C)COc1cc(C(=O)[O-])cc(C(=O)O)c1. The number of carbonyl (C=O) groups excluding carboxylic acids is 1. The van der Waals surface area contributed by atoms with E-state index in [-0.39, 0.29) is 22.3 Å². The average Bonchev–Trinajstić information content (AvgIpc) is 2.25. The third kappa shape index (κ3) is 4.08. The van der Waals surface area contributed by atoms with E-state index in [2.05, 4.69) is 0 Å². The third-order valence-electron chi connectivity index (χ3n) is 2.06. The second-order valence-electron chi connectivity index (χ2n) is 5.19. The smallest absolute Gasteiger partial charge is 0.335 e. The summed E-state index contributed by atoms with van der Waals surface area (Å²) in [5.41, 5.74) is -0.458. The summed E-state index contributed by atoms with van der Waals surface area (Å²) in [4.78, 5) is 21.6. The number of rotatable bonds is 4. The summed E-state index contributed by atoms with van der Waals surface area (Å²) in [6.07, 6.45) is 0. The zero-order chi connectivity index (χ0) is 13.9. The van der Waals surface area contributed by atoms with Crippen molar-refractivity contribution in [3.8, 4) is 5.75 Å². The second-order valence-corrected chi connectivity index (χ2v) is 5.19. The van der Waals surface area contributed by atoms with E-state index in [9.17, 15) is 14.7 Å². The summed E-state index contributed by atoms with van der Waals surface area (Å²) < 4.78 is 5.40. The summed E-state index contributed by atoms with van der Waals surface area (Å²) in [6.45, 7) is 6.21. The molecule has 0 saturated carbocycles. The van der Waals surface area contributed by atoms with E-state index < -0.39 is 11.9 Å². The standard InChI is InChI=1S/C13H16O5/c1-13(2,3)7-18-10-5-8(11(14)15)4-9(6-10)12(16)17/h4-6H,7H2,1-3H3,(H,14,15)(H,16,17)/p-1. The molecule has 0 radical (unpaired) electrons. The van der Waals surface area contributed by atoms with Gasteiger partial charge in [0.2, 0.25) is 0 Å². The van der Waals surface area contributed by atoms with Crippen LogP contribution in [-0.2, 0) is 0 Å². The van der Waals surface area contributed by atoms with Crippen molar-refractivity contribution in [1.82, 2.24) is 0 Å². The summed E-state index contributed by atoms with van der Waals surface area (Å²) in [7, 11) is 0. The molecule has 0 bridgehead atoms. The first-order chi connectivity index (χ1) is 8.19. The minimum Gasteiger partial charge on any atom is -0.545 e. The summed E-state index contributed by atoms with van der Waals surface area (Å²) in [5.74, 6) is -2.43. The van der Waals surface area contributed by atoms with E-state index in [0.717, 1.165) is 6.07 Å². The van der Waals surface area contributed by atoms with Crippen LogP contribution in [0.3, 0.4) is 0 Å². The molecule has 0 heterocycles. The lowest BCUT2D eigenvalue weighted by Crippen LogP contribution is -2.23. The largest absolute Gasteiger partial charge is 0.545 e. The Bertz CT molecular complexity index is 439. The number of carboxylic acid groups (broad SMARTS) is 2. The van der Waals surface area contributed by atoms with Gasteiger partial charge in [-0.25, -0.2) is 4.79 Å². The normalized spacial score (nSPS) is 11.1. The maximum absolute atomic E-state index is 10.9. The predicted molar refractivity (Wildman–Crippen MR) is 62.7 cm³/mol. The van der Waals surface area contributed by atoms with E-state index in [4.69, 9.17) is 9.84 Å². The van der Waals surface area contributed by atoms with E-state index in [1.165, 1.54) is 12.1 Å². The van der Waals surface area contributed by atoms with Gasteiger partial charge in [-0.1, -0.05) is 20.8 Å². The molecule has 0 spiro atoms. The monoisotopic (exact) mass is 251 g/mol. The molecule has 1 N–H and O–H groups in total. The molecular weight excluding hydrogens is 236 g/mol. The van der Waals surface area contributed by atoms with Crippen molar-refractivity contribution in [2.75, 3.05) is 6.61 Å². The zero-order valence-corrected chi connectivity index (χ0v) is 10.5. The van der Waals surface area contributed by atoms with Crippen molar-refractivity contribution >= 4 is 11.9 Å². The molecule has 0 aliphatic heterocycles. The fraction of sp³-hybridized carbons (Fsp3) is 0.385. The van der Waals surface area contributed by atoms with Gasteiger partial charge in [0.25, 0.3) is 0 Å². The van der Waals surface area contributed by atoms with Crippen LogP contribution < -0.4 is 9.84 Å². The first-order valence-corrected chi connectivity index (χ1v) is 5.41. The van der Waals surface area contributed by atoms with Crippen LogP contribution in [0.25, 0.3) is 0 Å². The fourth-order valence-corrected chi connectivity index (χ4v) is 1.22. The van der Waals surface area contributed by atoms with Crippen LogP contribution in [0.15, 0.2) is 18.2 Å². The lowest BCUT2D eigenvalue weighted by Gasteiger charge is -2.19. The minimum absolute atomic E-state index is 0.110. The molecule has 5 nitrogen and oxygen atoms in total. The molecule has 0 amide bonds. The lowest BCUT2D eigenvalue weighted by molar-refractivity contribution is -0.255. The molecule has 1 aromatic carbocycles. The summed E-state index contributed by atoms with van der Waals surface area (Å²) >= 11 is 0.